The minimum Gasteiger partial charge on any atom is -0.490 e. The van der Waals surface area contributed by atoms with Gasteiger partial charge >= 0.3 is 23.9 Å². The molecule has 0 radical (unpaired) electrons. The molecule has 5 nitrogen and oxygen atoms in total. The first-order valence-corrected chi connectivity index (χ1v) is 9.60. The highest BCUT2D eigenvalue weighted by atomic mass is 19.4. The van der Waals surface area contributed by atoms with Crippen LogP contribution < -0.4 is 10.3 Å². The van der Waals surface area contributed by atoms with Crippen molar-refractivity contribution in [3.05, 3.63) is 75.6 Å². The topological polar surface area (TPSA) is 57.5 Å². The van der Waals surface area contributed by atoms with E-state index in [2.05, 4.69) is 4.74 Å². The summed E-state index contributed by atoms with van der Waals surface area (Å²) in [5.74, 6) is -2.15. The van der Waals surface area contributed by atoms with E-state index in [0.717, 1.165) is 18.2 Å². The first-order chi connectivity index (χ1) is 15.4. The molecule has 0 atom stereocenters. The average molecular weight is 471 g/mol. The van der Waals surface area contributed by atoms with Gasteiger partial charge in [-0.05, 0) is 36.8 Å². The molecule has 4 rings (SSSR count). The molecule has 174 valence electrons. The number of carbonyl (C=O) groups is 1. The minimum atomic E-state index is -6.08. The summed E-state index contributed by atoms with van der Waals surface area (Å²) < 4.78 is 96.2. The fraction of sp³-hybridized carbons (Fsp3) is 0.273. The lowest BCUT2D eigenvalue weighted by Gasteiger charge is -2.37. The van der Waals surface area contributed by atoms with Crippen LogP contribution in [0, 0.1) is 6.92 Å². The lowest BCUT2D eigenvalue weighted by atomic mass is 9.89. The summed E-state index contributed by atoms with van der Waals surface area (Å²) in [4.78, 5) is 24.7. The van der Waals surface area contributed by atoms with Crippen molar-refractivity contribution >= 4 is 16.9 Å². The van der Waals surface area contributed by atoms with Crippen molar-refractivity contribution in [1.29, 1.82) is 0 Å². The molecule has 0 spiro atoms. The number of ether oxygens (including phenoxy) is 2. The van der Waals surface area contributed by atoms with Gasteiger partial charge in [0.25, 0.3) is 5.56 Å². The number of benzene rings is 2. The van der Waals surface area contributed by atoms with Crippen LogP contribution in [-0.4, -0.2) is 29.5 Å². The second kappa shape index (κ2) is 7.53. The normalized spacial score (nSPS) is 14.2. The van der Waals surface area contributed by atoms with E-state index in [1.54, 1.807) is 0 Å². The Bertz CT molecular complexity index is 1280. The molecule has 0 unspecified atom stereocenters. The van der Waals surface area contributed by atoms with Gasteiger partial charge in [-0.2, -0.15) is 26.3 Å². The summed E-state index contributed by atoms with van der Waals surface area (Å²) in [6, 6.07) is 8.33. The smallest absolute Gasteiger partial charge is 0.442 e. The number of carbonyl (C=O) groups excluding carboxylic acids is 1. The summed E-state index contributed by atoms with van der Waals surface area (Å²) in [7, 11) is 0. The first kappa shape index (κ1) is 22.7. The van der Waals surface area contributed by atoms with Gasteiger partial charge < -0.3 is 14.0 Å². The van der Waals surface area contributed by atoms with Crippen LogP contribution >= 0.6 is 0 Å². The fourth-order valence-electron chi connectivity index (χ4n) is 3.86. The molecule has 0 bridgehead atoms. The quantitative estimate of drug-likeness (QED) is 0.404. The molecular formula is C22H15F6NO4. The summed E-state index contributed by atoms with van der Waals surface area (Å²) in [6.07, 6.45) is -12.2. The molecule has 3 aromatic rings. The van der Waals surface area contributed by atoms with Gasteiger partial charge in [0.15, 0.2) is 0 Å². The highest BCUT2D eigenvalue weighted by molar-refractivity contribution is 5.91. The van der Waals surface area contributed by atoms with Crippen molar-refractivity contribution in [2.75, 3.05) is 6.61 Å². The SMILES string of the molecule is Cc1cc(=O)n2c3c(cc(C(OC(=O)c4ccccc4)(C(F)(F)F)C(F)(F)F)cc13)OCC2. The highest BCUT2D eigenvalue weighted by Crippen LogP contribution is 2.54. The Kier molecular flexibility index (Phi) is 5.18. The number of esters is 1. The average Bonchev–Trinajstić information content (AvgIpc) is 2.74. The van der Waals surface area contributed by atoms with E-state index in [9.17, 15) is 35.9 Å². The molecule has 2 heterocycles. The third kappa shape index (κ3) is 3.51. The lowest BCUT2D eigenvalue weighted by Crippen LogP contribution is -2.57. The van der Waals surface area contributed by atoms with Crippen LogP contribution in [0.15, 0.2) is 53.3 Å². The number of rotatable bonds is 3. The molecule has 0 aliphatic carbocycles. The number of halogens is 6. The Morgan fingerprint density at radius 2 is 1.64 bits per heavy atom. The number of nitrogens with zero attached hydrogens (tertiary/aromatic N) is 1. The zero-order chi connectivity index (χ0) is 24.2. The van der Waals surface area contributed by atoms with Crippen LogP contribution in [0.1, 0.15) is 21.5 Å². The lowest BCUT2D eigenvalue weighted by molar-refractivity contribution is -0.373. The number of hydrogen-bond donors (Lipinski definition) is 0. The van der Waals surface area contributed by atoms with E-state index in [1.165, 1.54) is 29.7 Å². The summed E-state index contributed by atoms with van der Waals surface area (Å²) in [6.45, 7) is 1.32. The Morgan fingerprint density at radius 3 is 2.24 bits per heavy atom. The first-order valence-electron chi connectivity index (χ1n) is 9.60. The summed E-state index contributed by atoms with van der Waals surface area (Å²) >= 11 is 0. The third-order valence-electron chi connectivity index (χ3n) is 5.41. The Labute approximate surface area is 182 Å². The second-order valence-corrected chi connectivity index (χ2v) is 7.47. The maximum atomic E-state index is 14.2. The molecule has 0 saturated carbocycles. The number of aryl methyl sites for hydroxylation is 1. The Morgan fingerprint density at radius 1 is 1.00 bits per heavy atom. The molecule has 1 aliphatic rings. The standard InChI is InChI=1S/C22H15F6NO4/c1-12-9-17(30)29-7-8-32-16-11-14(10-15(12)18(16)29)20(21(23,24)25,22(26,27)28)33-19(31)13-5-3-2-4-6-13/h2-6,9-11H,7-8H2,1H3. The van der Waals surface area contributed by atoms with Gasteiger partial charge in [0.2, 0.25) is 0 Å². The van der Waals surface area contributed by atoms with Gasteiger partial charge in [0.05, 0.1) is 17.6 Å². The van der Waals surface area contributed by atoms with Gasteiger partial charge in [-0.15, -0.1) is 0 Å². The molecule has 0 N–H and O–H groups in total. The second-order valence-electron chi connectivity index (χ2n) is 7.47. The van der Waals surface area contributed by atoms with Crippen LogP contribution in [0.5, 0.6) is 5.75 Å². The zero-order valence-corrected chi connectivity index (χ0v) is 16.9. The van der Waals surface area contributed by atoms with Crippen molar-refractivity contribution < 1.29 is 40.6 Å². The Hall–Kier alpha value is -3.50. The fourth-order valence-corrected chi connectivity index (χ4v) is 3.86. The molecule has 1 aliphatic heterocycles. The molecule has 1 aromatic heterocycles. The predicted molar refractivity (Wildman–Crippen MR) is 104 cm³/mol. The number of pyridine rings is 1. The van der Waals surface area contributed by atoms with Crippen molar-refractivity contribution in [2.24, 2.45) is 0 Å². The highest BCUT2D eigenvalue weighted by Gasteiger charge is 2.75. The van der Waals surface area contributed by atoms with Crippen molar-refractivity contribution in [1.82, 2.24) is 4.57 Å². The number of aromatic nitrogens is 1. The summed E-state index contributed by atoms with van der Waals surface area (Å²) in [5, 5.41) is -0.0598. The maximum Gasteiger partial charge on any atom is 0.442 e. The van der Waals surface area contributed by atoms with Gasteiger partial charge in [0, 0.05) is 17.0 Å². The molecular weight excluding hydrogens is 456 g/mol. The minimum absolute atomic E-state index is 0.0598. The van der Waals surface area contributed by atoms with Gasteiger partial charge in [-0.25, -0.2) is 4.79 Å². The van der Waals surface area contributed by atoms with Crippen LogP contribution in [-0.2, 0) is 16.9 Å². The van der Waals surface area contributed by atoms with Crippen molar-refractivity contribution in [2.45, 2.75) is 31.4 Å². The van der Waals surface area contributed by atoms with Crippen LogP contribution in [0.2, 0.25) is 0 Å². The molecule has 2 aromatic carbocycles. The number of alkyl halides is 6. The van der Waals surface area contributed by atoms with E-state index < -0.39 is 40.6 Å². The third-order valence-corrected chi connectivity index (χ3v) is 5.41. The van der Waals surface area contributed by atoms with Crippen molar-refractivity contribution in [3.8, 4) is 5.75 Å². The molecule has 0 fully saturated rings. The van der Waals surface area contributed by atoms with E-state index in [4.69, 9.17) is 4.74 Å². The largest absolute Gasteiger partial charge is 0.490 e. The van der Waals surface area contributed by atoms with E-state index in [-0.39, 0.29) is 35.4 Å². The van der Waals surface area contributed by atoms with Gasteiger partial charge in [0.1, 0.15) is 12.4 Å². The Balaban J connectivity index is 2.03. The molecule has 33 heavy (non-hydrogen) atoms. The predicted octanol–water partition coefficient (Wildman–Crippen LogP) is 4.88. The van der Waals surface area contributed by atoms with E-state index in [1.807, 2.05) is 0 Å². The van der Waals surface area contributed by atoms with Crippen molar-refractivity contribution in [3.63, 3.8) is 0 Å². The van der Waals surface area contributed by atoms with Gasteiger partial charge in [-0.1, -0.05) is 18.2 Å². The van der Waals surface area contributed by atoms with Crippen LogP contribution in [0.25, 0.3) is 10.9 Å². The van der Waals surface area contributed by atoms with Crippen LogP contribution in [0.3, 0.4) is 0 Å². The monoisotopic (exact) mass is 471 g/mol. The van der Waals surface area contributed by atoms with E-state index >= 15 is 0 Å². The molecule has 0 amide bonds. The van der Waals surface area contributed by atoms with Gasteiger partial charge in [-0.3, -0.25) is 4.79 Å². The van der Waals surface area contributed by atoms with E-state index in [0.29, 0.717) is 12.1 Å². The van der Waals surface area contributed by atoms with Crippen LogP contribution in [0.4, 0.5) is 26.3 Å². The number of hydrogen-bond acceptors (Lipinski definition) is 4. The summed E-state index contributed by atoms with van der Waals surface area (Å²) in [5.41, 5.74) is -7.10. The zero-order valence-electron chi connectivity index (χ0n) is 16.9. The maximum absolute atomic E-state index is 14.2. The molecule has 0 saturated heterocycles. The molecule has 11 heteroatoms.